The number of hydrogen-bond acceptors (Lipinski definition) is 4. The fourth-order valence-corrected chi connectivity index (χ4v) is 2.02. The van der Waals surface area contributed by atoms with Crippen LogP contribution in [0.15, 0.2) is 24.5 Å². The molecule has 5 nitrogen and oxygen atoms in total. The van der Waals surface area contributed by atoms with Crippen molar-refractivity contribution in [2.24, 2.45) is 0 Å². The Labute approximate surface area is 97.4 Å². The molecule has 0 radical (unpaired) electrons. The minimum Gasteiger partial charge on any atom is -0.493 e. The molecule has 1 aromatic carbocycles. The number of rotatable bonds is 2. The van der Waals surface area contributed by atoms with Crippen LogP contribution in [0.4, 0.5) is 0 Å². The lowest BCUT2D eigenvalue weighted by Crippen LogP contribution is -1.92. The summed E-state index contributed by atoms with van der Waals surface area (Å²) in [6, 6.07) is 3.82. The first-order valence-corrected chi connectivity index (χ1v) is 5.18. The zero-order valence-corrected chi connectivity index (χ0v) is 9.52. The van der Waals surface area contributed by atoms with Crippen LogP contribution < -0.4 is 9.47 Å². The van der Waals surface area contributed by atoms with Gasteiger partial charge >= 0.3 is 0 Å². The molecule has 0 bridgehead atoms. The number of pyridine rings is 1. The Bertz CT molecular complexity index is 691. The molecule has 17 heavy (non-hydrogen) atoms. The highest BCUT2D eigenvalue weighted by Crippen LogP contribution is 2.38. The molecule has 0 saturated carbocycles. The number of methoxy groups -OCH3 is 2. The fourth-order valence-electron chi connectivity index (χ4n) is 2.02. The van der Waals surface area contributed by atoms with Crippen LogP contribution in [0.25, 0.3) is 21.8 Å². The van der Waals surface area contributed by atoms with E-state index in [0.29, 0.717) is 11.5 Å². The van der Waals surface area contributed by atoms with Gasteiger partial charge < -0.3 is 9.47 Å². The van der Waals surface area contributed by atoms with Crippen molar-refractivity contribution < 1.29 is 9.47 Å². The standard InChI is InChI=1S/C12H11N3O2/c1-16-9-4-3-7-5-13-12-8(6-14-15-12)10(7)11(9)17-2/h3-6H,1-2H3,(H,13,14,15). The van der Waals surface area contributed by atoms with E-state index in [9.17, 15) is 0 Å². The average Bonchev–Trinajstić information content (AvgIpc) is 2.85. The number of H-pyrrole nitrogens is 1. The molecule has 0 aliphatic heterocycles. The van der Waals surface area contributed by atoms with Crippen LogP contribution in [-0.4, -0.2) is 29.4 Å². The van der Waals surface area contributed by atoms with E-state index in [1.165, 1.54) is 0 Å². The first-order valence-electron chi connectivity index (χ1n) is 5.18. The Kier molecular flexibility index (Phi) is 2.11. The van der Waals surface area contributed by atoms with Gasteiger partial charge in [0.1, 0.15) is 0 Å². The minimum atomic E-state index is 0.703. The topological polar surface area (TPSA) is 60.0 Å². The maximum Gasteiger partial charge on any atom is 0.169 e. The Balaban J connectivity index is 2.53. The van der Waals surface area contributed by atoms with Crippen LogP contribution in [0.3, 0.4) is 0 Å². The second-order valence-electron chi connectivity index (χ2n) is 3.66. The lowest BCUT2D eigenvalue weighted by Gasteiger charge is -2.10. The molecule has 2 aromatic heterocycles. The third-order valence-electron chi connectivity index (χ3n) is 2.80. The van der Waals surface area contributed by atoms with Gasteiger partial charge in [-0.3, -0.25) is 5.10 Å². The molecular formula is C12H11N3O2. The molecule has 0 aliphatic rings. The summed E-state index contributed by atoms with van der Waals surface area (Å²) in [5.41, 5.74) is 0.740. The summed E-state index contributed by atoms with van der Waals surface area (Å²) < 4.78 is 10.7. The van der Waals surface area contributed by atoms with Gasteiger partial charge in [-0.2, -0.15) is 5.10 Å². The van der Waals surface area contributed by atoms with Gasteiger partial charge in [-0.1, -0.05) is 0 Å². The van der Waals surface area contributed by atoms with E-state index in [-0.39, 0.29) is 0 Å². The summed E-state index contributed by atoms with van der Waals surface area (Å²) in [7, 11) is 3.25. The molecule has 2 heterocycles. The van der Waals surface area contributed by atoms with Crippen molar-refractivity contribution in [3.8, 4) is 11.5 Å². The summed E-state index contributed by atoms with van der Waals surface area (Å²) in [6.45, 7) is 0. The predicted octanol–water partition coefficient (Wildman–Crippen LogP) is 2.13. The number of ether oxygens (including phenoxy) is 2. The largest absolute Gasteiger partial charge is 0.493 e. The van der Waals surface area contributed by atoms with Crippen LogP contribution in [0.5, 0.6) is 11.5 Å². The van der Waals surface area contributed by atoms with Gasteiger partial charge in [-0.25, -0.2) is 4.98 Å². The van der Waals surface area contributed by atoms with E-state index in [4.69, 9.17) is 9.47 Å². The number of benzene rings is 1. The van der Waals surface area contributed by atoms with Gasteiger partial charge in [0, 0.05) is 17.0 Å². The quantitative estimate of drug-likeness (QED) is 0.731. The van der Waals surface area contributed by atoms with Crippen molar-refractivity contribution in [1.29, 1.82) is 0 Å². The molecule has 3 aromatic rings. The number of nitrogens with one attached hydrogen (secondary N) is 1. The van der Waals surface area contributed by atoms with Crippen molar-refractivity contribution in [3.05, 3.63) is 24.5 Å². The zero-order chi connectivity index (χ0) is 11.8. The average molecular weight is 229 g/mol. The minimum absolute atomic E-state index is 0.703. The van der Waals surface area contributed by atoms with Crippen molar-refractivity contribution in [1.82, 2.24) is 15.2 Å². The Morgan fingerprint density at radius 1 is 1.12 bits per heavy atom. The van der Waals surface area contributed by atoms with Crippen molar-refractivity contribution >= 4 is 21.8 Å². The zero-order valence-electron chi connectivity index (χ0n) is 9.52. The summed E-state index contributed by atoms with van der Waals surface area (Å²) >= 11 is 0. The first-order chi connectivity index (χ1) is 8.35. The van der Waals surface area contributed by atoms with E-state index in [1.807, 2.05) is 12.1 Å². The fraction of sp³-hybridized carbons (Fsp3) is 0.167. The van der Waals surface area contributed by atoms with E-state index in [0.717, 1.165) is 21.8 Å². The smallest absolute Gasteiger partial charge is 0.169 e. The summed E-state index contributed by atoms with van der Waals surface area (Å²) in [6.07, 6.45) is 3.53. The van der Waals surface area contributed by atoms with Gasteiger partial charge in [0.25, 0.3) is 0 Å². The highest BCUT2D eigenvalue weighted by atomic mass is 16.5. The van der Waals surface area contributed by atoms with Gasteiger partial charge in [-0.05, 0) is 12.1 Å². The number of aromatic nitrogens is 3. The maximum absolute atomic E-state index is 5.43. The highest BCUT2D eigenvalue weighted by molar-refractivity contribution is 6.08. The lowest BCUT2D eigenvalue weighted by atomic mass is 10.1. The van der Waals surface area contributed by atoms with Crippen LogP contribution in [0, 0.1) is 0 Å². The Morgan fingerprint density at radius 3 is 2.76 bits per heavy atom. The third-order valence-corrected chi connectivity index (χ3v) is 2.80. The van der Waals surface area contributed by atoms with Gasteiger partial charge in [0.05, 0.1) is 25.8 Å². The molecule has 0 atom stereocenters. The number of aromatic amines is 1. The summed E-state index contributed by atoms with van der Waals surface area (Å²) in [4.78, 5) is 4.29. The highest BCUT2D eigenvalue weighted by Gasteiger charge is 2.13. The molecule has 0 unspecified atom stereocenters. The molecule has 0 spiro atoms. The van der Waals surface area contributed by atoms with E-state index >= 15 is 0 Å². The summed E-state index contributed by atoms with van der Waals surface area (Å²) in [5.74, 6) is 1.41. The van der Waals surface area contributed by atoms with Crippen LogP contribution in [0.1, 0.15) is 0 Å². The van der Waals surface area contributed by atoms with E-state index < -0.39 is 0 Å². The number of hydrogen-bond donors (Lipinski definition) is 1. The molecular weight excluding hydrogens is 218 g/mol. The molecule has 86 valence electrons. The number of fused-ring (bicyclic) bond motifs is 3. The lowest BCUT2D eigenvalue weighted by molar-refractivity contribution is 0.359. The predicted molar refractivity (Wildman–Crippen MR) is 64.5 cm³/mol. The SMILES string of the molecule is COc1ccc2cnc3[nH]ncc3c2c1OC. The van der Waals surface area contributed by atoms with Crippen LogP contribution in [0.2, 0.25) is 0 Å². The second-order valence-corrected chi connectivity index (χ2v) is 3.66. The van der Waals surface area contributed by atoms with Gasteiger partial charge in [-0.15, -0.1) is 0 Å². The van der Waals surface area contributed by atoms with Crippen LogP contribution in [-0.2, 0) is 0 Å². The summed E-state index contributed by atoms with van der Waals surface area (Å²) in [5, 5.41) is 9.73. The molecule has 1 N–H and O–H groups in total. The first kappa shape index (κ1) is 9.89. The molecule has 0 fully saturated rings. The second kappa shape index (κ2) is 3.62. The van der Waals surface area contributed by atoms with E-state index in [1.54, 1.807) is 26.6 Å². The maximum atomic E-state index is 5.43. The normalized spacial score (nSPS) is 10.9. The Morgan fingerprint density at radius 2 is 2.00 bits per heavy atom. The molecule has 3 rings (SSSR count). The Hall–Kier alpha value is -2.30. The molecule has 5 heteroatoms. The van der Waals surface area contributed by atoms with E-state index in [2.05, 4.69) is 15.2 Å². The van der Waals surface area contributed by atoms with Crippen molar-refractivity contribution in [3.63, 3.8) is 0 Å². The number of nitrogens with zero attached hydrogens (tertiary/aromatic N) is 2. The molecule has 0 amide bonds. The van der Waals surface area contributed by atoms with Crippen LogP contribution >= 0.6 is 0 Å². The third kappa shape index (κ3) is 1.32. The van der Waals surface area contributed by atoms with Crippen molar-refractivity contribution in [2.75, 3.05) is 14.2 Å². The monoisotopic (exact) mass is 229 g/mol. The van der Waals surface area contributed by atoms with Crippen molar-refractivity contribution in [2.45, 2.75) is 0 Å². The van der Waals surface area contributed by atoms with Gasteiger partial charge in [0.2, 0.25) is 0 Å². The van der Waals surface area contributed by atoms with Gasteiger partial charge in [0.15, 0.2) is 17.1 Å². The molecule has 0 saturated heterocycles. The molecule has 0 aliphatic carbocycles.